The van der Waals surface area contributed by atoms with Gasteiger partial charge in [0.25, 0.3) is 5.56 Å². The molecular formula is C29H28ClF4NO6. The molecule has 12 heteroatoms. The zero-order valence-corrected chi connectivity index (χ0v) is 23.3. The molecule has 1 atom stereocenters. The van der Waals surface area contributed by atoms with Crippen LogP contribution in [0.15, 0.2) is 53.5 Å². The number of aromatic nitrogens is 1. The molecule has 1 unspecified atom stereocenters. The lowest BCUT2D eigenvalue weighted by molar-refractivity contribution is -0.153. The zero-order chi connectivity index (χ0) is 30.3. The highest BCUT2D eigenvalue weighted by atomic mass is 35.5. The van der Waals surface area contributed by atoms with Gasteiger partial charge in [-0.2, -0.15) is 13.2 Å². The molecule has 41 heavy (non-hydrogen) atoms. The van der Waals surface area contributed by atoms with Crippen molar-refractivity contribution in [3.8, 4) is 22.6 Å². The van der Waals surface area contributed by atoms with Crippen LogP contribution in [0.3, 0.4) is 0 Å². The highest BCUT2D eigenvalue weighted by molar-refractivity contribution is 6.31. The predicted molar refractivity (Wildman–Crippen MR) is 145 cm³/mol. The number of pyridine rings is 1. The van der Waals surface area contributed by atoms with Crippen LogP contribution in [-0.2, 0) is 16.0 Å². The highest BCUT2D eigenvalue weighted by Gasteiger charge is 2.30. The number of halogens is 5. The fraction of sp³-hybridized carbons (Fsp3) is 0.345. The zero-order valence-electron chi connectivity index (χ0n) is 22.5. The predicted octanol–water partition coefficient (Wildman–Crippen LogP) is 6.24. The number of carbonyl (C=O) groups is 2. The molecule has 0 aliphatic carbocycles. The van der Waals surface area contributed by atoms with Crippen molar-refractivity contribution >= 4 is 23.2 Å². The highest BCUT2D eigenvalue weighted by Crippen LogP contribution is 2.38. The SMILES string of the molecule is CCC(=O)c1ccc(CC(=O)C(CCOC)n2cc(OC)c(-c3cc(Cl)ccc3OCC(F)(F)F)cc2=O)cc1F. The molecule has 2 aromatic carbocycles. The summed E-state index contributed by atoms with van der Waals surface area (Å²) in [5, 5.41) is 0.178. The fourth-order valence-corrected chi connectivity index (χ4v) is 4.40. The van der Waals surface area contributed by atoms with Gasteiger partial charge in [-0.25, -0.2) is 4.39 Å². The normalized spacial score (nSPS) is 12.2. The molecule has 7 nitrogen and oxygen atoms in total. The first-order chi connectivity index (χ1) is 19.4. The van der Waals surface area contributed by atoms with Gasteiger partial charge in [0.1, 0.15) is 17.3 Å². The second-order valence-electron chi connectivity index (χ2n) is 9.08. The topological polar surface area (TPSA) is 83.8 Å². The number of nitrogens with zero attached hydrogens (tertiary/aromatic N) is 1. The number of hydrogen-bond acceptors (Lipinski definition) is 6. The van der Waals surface area contributed by atoms with Crippen molar-refractivity contribution in [2.75, 3.05) is 27.4 Å². The van der Waals surface area contributed by atoms with Gasteiger partial charge < -0.3 is 18.8 Å². The van der Waals surface area contributed by atoms with Crippen LogP contribution in [-0.4, -0.2) is 49.7 Å². The Morgan fingerprint density at radius 1 is 1.02 bits per heavy atom. The molecule has 0 aliphatic heterocycles. The maximum absolute atomic E-state index is 14.5. The van der Waals surface area contributed by atoms with E-state index in [1.165, 1.54) is 50.7 Å². The van der Waals surface area contributed by atoms with Gasteiger partial charge in [0.05, 0.1) is 24.9 Å². The molecule has 220 valence electrons. The Morgan fingerprint density at radius 2 is 1.73 bits per heavy atom. The Morgan fingerprint density at radius 3 is 2.34 bits per heavy atom. The second kappa shape index (κ2) is 13.8. The van der Waals surface area contributed by atoms with Crippen molar-refractivity contribution in [2.45, 2.75) is 38.4 Å². The summed E-state index contributed by atoms with van der Waals surface area (Å²) < 4.78 is 69.6. The van der Waals surface area contributed by atoms with Crippen molar-refractivity contribution in [3.63, 3.8) is 0 Å². The first-order valence-electron chi connectivity index (χ1n) is 12.5. The maximum atomic E-state index is 14.5. The lowest BCUT2D eigenvalue weighted by Crippen LogP contribution is -2.31. The van der Waals surface area contributed by atoms with Gasteiger partial charge in [0.2, 0.25) is 0 Å². The van der Waals surface area contributed by atoms with Gasteiger partial charge in [0, 0.05) is 48.8 Å². The molecule has 1 aromatic heterocycles. The number of alkyl halides is 3. The Kier molecular flexibility index (Phi) is 10.7. The van der Waals surface area contributed by atoms with Crippen molar-refractivity contribution in [3.05, 3.63) is 81.0 Å². The molecule has 0 saturated heterocycles. The second-order valence-corrected chi connectivity index (χ2v) is 9.51. The Hall–Kier alpha value is -3.70. The fourth-order valence-electron chi connectivity index (χ4n) is 4.23. The minimum atomic E-state index is -4.60. The van der Waals surface area contributed by atoms with E-state index in [-0.39, 0.29) is 64.9 Å². The van der Waals surface area contributed by atoms with Crippen LogP contribution in [0, 0.1) is 5.82 Å². The van der Waals surface area contributed by atoms with Crippen LogP contribution in [0.1, 0.15) is 41.7 Å². The van der Waals surface area contributed by atoms with Gasteiger partial charge in [-0.05, 0) is 42.3 Å². The van der Waals surface area contributed by atoms with E-state index in [2.05, 4.69) is 0 Å². The van der Waals surface area contributed by atoms with Crippen LogP contribution in [0.4, 0.5) is 17.6 Å². The van der Waals surface area contributed by atoms with E-state index >= 15 is 0 Å². The van der Waals surface area contributed by atoms with E-state index < -0.39 is 36.0 Å². The number of benzene rings is 2. The van der Waals surface area contributed by atoms with Gasteiger partial charge in [-0.3, -0.25) is 14.4 Å². The first kappa shape index (κ1) is 31.8. The van der Waals surface area contributed by atoms with Crippen LogP contribution < -0.4 is 15.0 Å². The quantitative estimate of drug-likeness (QED) is 0.171. The summed E-state index contributed by atoms with van der Waals surface area (Å²) >= 11 is 6.09. The number of methoxy groups -OCH3 is 2. The van der Waals surface area contributed by atoms with Crippen LogP contribution in [0.5, 0.6) is 11.5 Å². The third-order valence-corrected chi connectivity index (χ3v) is 6.46. The van der Waals surface area contributed by atoms with Crippen molar-refractivity contribution < 1.29 is 41.4 Å². The van der Waals surface area contributed by atoms with E-state index in [4.69, 9.17) is 25.8 Å². The third-order valence-electron chi connectivity index (χ3n) is 6.22. The van der Waals surface area contributed by atoms with E-state index in [0.717, 1.165) is 16.7 Å². The smallest absolute Gasteiger partial charge is 0.422 e. The van der Waals surface area contributed by atoms with Gasteiger partial charge >= 0.3 is 6.18 Å². The monoisotopic (exact) mass is 597 g/mol. The number of hydrogen-bond donors (Lipinski definition) is 0. The Balaban J connectivity index is 2.02. The number of ether oxygens (including phenoxy) is 3. The van der Waals surface area contributed by atoms with Gasteiger partial charge in [-0.1, -0.05) is 24.6 Å². The third kappa shape index (κ3) is 8.17. The van der Waals surface area contributed by atoms with Crippen LogP contribution >= 0.6 is 11.6 Å². The molecule has 1 heterocycles. The summed E-state index contributed by atoms with van der Waals surface area (Å²) in [7, 11) is 2.72. The van der Waals surface area contributed by atoms with Crippen molar-refractivity contribution in [1.29, 1.82) is 0 Å². The molecule has 3 aromatic rings. The molecule has 0 amide bonds. The summed E-state index contributed by atoms with van der Waals surface area (Å²) in [5.74, 6) is -1.67. The lowest BCUT2D eigenvalue weighted by Gasteiger charge is -2.21. The largest absolute Gasteiger partial charge is 0.495 e. The Labute approximate surface area is 238 Å². The summed E-state index contributed by atoms with van der Waals surface area (Å²) in [6, 6.07) is 7.91. The molecule has 0 aliphatic rings. The standard InChI is InChI=1S/C29H28ClF4NO6/c1-4-24(36)19-7-5-17(11-22(19)31)12-25(37)23(9-10-39-2)35-15-27(40-3)21(14-28(35)38)20-13-18(30)6-8-26(20)41-16-29(32,33)34/h5-8,11,13-15,23H,4,9-10,12,16H2,1-3H3. The van der Waals surface area contributed by atoms with Crippen LogP contribution in [0.2, 0.25) is 5.02 Å². The molecule has 3 rings (SSSR count). The average Bonchev–Trinajstić information content (AvgIpc) is 2.92. The summed E-state index contributed by atoms with van der Waals surface area (Å²) in [5.41, 5.74) is -0.239. The molecule has 0 radical (unpaired) electrons. The van der Waals surface area contributed by atoms with E-state index in [1.807, 2.05) is 0 Å². The molecule has 0 N–H and O–H groups in total. The minimum absolute atomic E-state index is 0.0624. The number of ketones is 2. The molecule has 0 fully saturated rings. The van der Waals surface area contributed by atoms with Crippen molar-refractivity contribution in [2.24, 2.45) is 0 Å². The molecule has 0 saturated carbocycles. The van der Waals surface area contributed by atoms with E-state index in [0.29, 0.717) is 5.56 Å². The summed E-state index contributed by atoms with van der Waals surface area (Å²) in [4.78, 5) is 38.6. The summed E-state index contributed by atoms with van der Waals surface area (Å²) in [6.07, 6.45) is -3.36. The first-order valence-corrected chi connectivity index (χ1v) is 12.9. The Bertz CT molecular complexity index is 1470. The molecular weight excluding hydrogens is 570 g/mol. The maximum Gasteiger partial charge on any atom is 0.422 e. The average molecular weight is 598 g/mol. The molecule has 0 spiro atoms. The minimum Gasteiger partial charge on any atom is -0.495 e. The van der Waals surface area contributed by atoms with E-state index in [9.17, 15) is 31.9 Å². The van der Waals surface area contributed by atoms with Crippen molar-refractivity contribution in [1.82, 2.24) is 4.57 Å². The van der Waals surface area contributed by atoms with Crippen LogP contribution in [0.25, 0.3) is 11.1 Å². The van der Waals surface area contributed by atoms with E-state index in [1.54, 1.807) is 6.92 Å². The van der Waals surface area contributed by atoms with Gasteiger partial charge in [0.15, 0.2) is 18.2 Å². The number of carbonyl (C=O) groups excluding carboxylic acids is 2. The lowest BCUT2D eigenvalue weighted by atomic mass is 9.98. The number of Topliss-reactive ketones (excluding diaryl/α,β-unsaturated/α-hetero) is 2. The number of rotatable bonds is 13. The summed E-state index contributed by atoms with van der Waals surface area (Å²) in [6.45, 7) is 0.150. The molecule has 0 bridgehead atoms. The van der Waals surface area contributed by atoms with Gasteiger partial charge in [-0.15, -0.1) is 0 Å².